The van der Waals surface area contributed by atoms with Gasteiger partial charge in [0.25, 0.3) is 5.69 Å². The summed E-state index contributed by atoms with van der Waals surface area (Å²) in [6, 6.07) is 11.9. The van der Waals surface area contributed by atoms with Gasteiger partial charge in [0.15, 0.2) is 11.5 Å². The predicted molar refractivity (Wildman–Crippen MR) is 80.0 cm³/mol. The van der Waals surface area contributed by atoms with Crippen molar-refractivity contribution < 1.29 is 14.4 Å². The number of nitro benzene ring substituents is 1. The Bertz CT molecular complexity index is 623. The Morgan fingerprint density at radius 1 is 1.14 bits per heavy atom. The van der Waals surface area contributed by atoms with Crippen LogP contribution in [0.3, 0.4) is 0 Å². The van der Waals surface area contributed by atoms with E-state index >= 15 is 0 Å². The molecule has 0 radical (unpaired) electrons. The van der Waals surface area contributed by atoms with Crippen LogP contribution in [0.15, 0.2) is 42.5 Å². The molecule has 0 saturated carbocycles. The van der Waals surface area contributed by atoms with Crippen LogP contribution in [-0.4, -0.2) is 12.0 Å². The molecule has 2 aromatic carbocycles. The van der Waals surface area contributed by atoms with Crippen molar-refractivity contribution in [2.75, 3.05) is 7.11 Å². The summed E-state index contributed by atoms with van der Waals surface area (Å²) in [6.45, 7) is 0.0708. The predicted octanol–water partition coefficient (Wildman–Crippen LogP) is 3.92. The van der Waals surface area contributed by atoms with E-state index in [2.05, 4.69) is 0 Å². The van der Waals surface area contributed by atoms with Gasteiger partial charge in [-0.1, -0.05) is 24.3 Å². The molecule has 0 saturated heterocycles. The summed E-state index contributed by atoms with van der Waals surface area (Å²) >= 11 is 5.88. The smallest absolute Gasteiger partial charge is 0.276 e. The zero-order chi connectivity index (χ0) is 15.2. The Labute approximate surface area is 127 Å². The van der Waals surface area contributed by atoms with E-state index in [1.165, 1.54) is 13.2 Å². The van der Waals surface area contributed by atoms with Crippen LogP contribution in [0.1, 0.15) is 11.1 Å². The third kappa shape index (κ3) is 3.44. The second-order valence-electron chi connectivity index (χ2n) is 4.26. The minimum absolute atomic E-state index is 0.0276. The van der Waals surface area contributed by atoms with E-state index in [9.17, 15) is 10.1 Å². The van der Waals surface area contributed by atoms with E-state index in [0.717, 1.165) is 5.56 Å². The summed E-state index contributed by atoms with van der Waals surface area (Å²) in [7, 11) is 1.53. The molecule has 0 fully saturated rings. The first kappa shape index (κ1) is 15.1. The normalized spacial score (nSPS) is 10.2. The number of alkyl halides is 1. The number of rotatable bonds is 6. The van der Waals surface area contributed by atoms with Crippen LogP contribution >= 0.6 is 11.6 Å². The van der Waals surface area contributed by atoms with Crippen molar-refractivity contribution in [3.8, 4) is 11.5 Å². The summed E-state index contributed by atoms with van der Waals surface area (Å²) in [5.41, 5.74) is 1.29. The number of nitro groups is 1. The monoisotopic (exact) mass is 307 g/mol. The van der Waals surface area contributed by atoms with Gasteiger partial charge in [0.05, 0.1) is 23.5 Å². The molecule has 5 nitrogen and oxygen atoms in total. The minimum atomic E-state index is -0.427. The Balaban J connectivity index is 2.26. The van der Waals surface area contributed by atoms with Gasteiger partial charge in [0, 0.05) is 11.6 Å². The maximum atomic E-state index is 11.0. The zero-order valence-corrected chi connectivity index (χ0v) is 12.2. The highest BCUT2D eigenvalue weighted by atomic mass is 35.5. The van der Waals surface area contributed by atoms with Crippen molar-refractivity contribution in [1.29, 1.82) is 0 Å². The molecule has 110 valence electrons. The number of halogens is 1. The van der Waals surface area contributed by atoms with Crippen molar-refractivity contribution in [2.45, 2.75) is 12.5 Å². The van der Waals surface area contributed by atoms with E-state index in [0.29, 0.717) is 17.1 Å². The average Bonchev–Trinajstić information content (AvgIpc) is 2.52. The van der Waals surface area contributed by atoms with Gasteiger partial charge in [-0.15, -0.1) is 11.6 Å². The Morgan fingerprint density at radius 2 is 1.86 bits per heavy atom. The molecule has 0 amide bonds. The van der Waals surface area contributed by atoms with Gasteiger partial charge in [-0.25, -0.2) is 0 Å². The molecule has 2 rings (SSSR count). The number of hydrogen-bond donors (Lipinski definition) is 0. The van der Waals surface area contributed by atoms with Crippen molar-refractivity contribution >= 4 is 17.3 Å². The average molecular weight is 308 g/mol. The third-order valence-corrected chi connectivity index (χ3v) is 3.27. The minimum Gasteiger partial charge on any atom is -0.493 e. The van der Waals surface area contributed by atoms with Gasteiger partial charge in [0.2, 0.25) is 0 Å². The first-order chi connectivity index (χ1) is 10.2. The molecule has 0 aromatic heterocycles. The van der Waals surface area contributed by atoms with Crippen molar-refractivity contribution in [3.05, 3.63) is 63.7 Å². The van der Waals surface area contributed by atoms with Crippen LogP contribution in [0.4, 0.5) is 5.69 Å². The van der Waals surface area contributed by atoms with Crippen molar-refractivity contribution in [3.63, 3.8) is 0 Å². The fourth-order valence-corrected chi connectivity index (χ4v) is 2.16. The highest BCUT2D eigenvalue weighted by Crippen LogP contribution is 2.33. The molecule has 0 spiro atoms. The molecule has 0 bridgehead atoms. The van der Waals surface area contributed by atoms with Gasteiger partial charge in [0.1, 0.15) is 6.61 Å². The number of methoxy groups -OCH3 is 1. The summed E-state index contributed by atoms with van der Waals surface area (Å²) in [5, 5.41) is 11.0. The Morgan fingerprint density at radius 3 is 2.52 bits per heavy atom. The quantitative estimate of drug-likeness (QED) is 0.461. The molecular formula is C15H14ClNO4. The molecule has 21 heavy (non-hydrogen) atoms. The number of hydrogen-bond acceptors (Lipinski definition) is 4. The van der Waals surface area contributed by atoms with Crippen LogP contribution in [0.5, 0.6) is 11.5 Å². The topological polar surface area (TPSA) is 61.6 Å². The lowest BCUT2D eigenvalue weighted by Gasteiger charge is -2.14. The zero-order valence-electron chi connectivity index (χ0n) is 11.4. The molecule has 2 aromatic rings. The molecule has 0 aliphatic heterocycles. The lowest BCUT2D eigenvalue weighted by atomic mass is 10.2. The van der Waals surface area contributed by atoms with Crippen LogP contribution in [0.25, 0.3) is 0 Å². The fraction of sp³-hybridized carbons (Fsp3) is 0.200. The van der Waals surface area contributed by atoms with Crippen LogP contribution < -0.4 is 9.47 Å². The first-order valence-electron chi connectivity index (χ1n) is 6.24. The van der Waals surface area contributed by atoms with Crippen molar-refractivity contribution in [1.82, 2.24) is 0 Å². The Hall–Kier alpha value is -2.27. The summed E-state index contributed by atoms with van der Waals surface area (Å²) in [4.78, 5) is 10.6. The highest BCUT2D eigenvalue weighted by molar-refractivity contribution is 6.17. The molecule has 0 N–H and O–H groups in total. The number of benzene rings is 2. The maximum Gasteiger partial charge on any atom is 0.276 e. The first-order valence-corrected chi connectivity index (χ1v) is 6.77. The number of nitrogens with zero attached hydrogens (tertiary/aromatic N) is 1. The van der Waals surface area contributed by atoms with E-state index < -0.39 is 4.92 Å². The highest BCUT2D eigenvalue weighted by Gasteiger charge is 2.15. The molecular weight excluding hydrogens is 294 g/mol. The second kappa shape index (κ2) is 6.95. The number of para-hydroxylation sites is 2. The van der Waals surface area contributed by atoms with Crippen LogP contribution in [0, 0.1) is 10.1 Å². The van der Waals surface area contributed by atoms with Crippen LogP contribution in [-0.2, 0) is 12.5 Å². The second-order valence-corrected chi connectivity index (χ2v) is 4.52. The SMILES string of the molecule is COc1cccc(CCl)c1OCc1ccccc1[N+](=O)[O-]. The summed E-state index contributed by atoms with van der Waals surface area (Å²) < 4.78 is 10.9. The van der Waals surface area contributed by atoms with Gasteiger partial charge in [-0.3, -0.25) is 10.1 Å². The molecule has 0 unspecified atom stereocenters. The lowest BCUT2D eigenvalue weighted by molar-refractivity contribution is -0.385. The van der Waals surface area contributed by atoms with Gasteiger partial charge in [-0.05, 0) is 12.1 Å². The van der Waals surface area contributed by atoms with Crippen molar-refractivity contribution in [2.24, 2.45) is 0 Å². The van der Waals surface area contributed by atoms with Gasteiger partial charge < -0.3 is 9.47 Å². The number of ether oxygens (including phenoxy) is 2. The molecule has 0 aliphatic rings. The molecule has 6 heteroatoms. The van der Waals surface area contributed by atoms with E-state index in [1.54, 1.807) is 24.3 Å². The Kier molecular flexibility index (Phi) is 5.00. The van der Waals surface area contributed by atoms with E-state index in [-0.39, 0.29) is 18.2 Å². The third-order valence-electron chi connectivity index (χ3n) is 2.98. The summed E-state index contributed by atoms with van der Waals surface area (Å²) in [6.07, 6.45) is 0. The molecule has 0 atom stereocenters. The fourth-order valence-electron chi connectivity index (χ4n) is 1.95. The van der Waals surface area contributed by atoms with Gasteiger partial charge in [-0.2, -0.15) is 0 Å². The van der Waals surface area contributed by atoms with E-state index in [1.807, 2.05) is 12.1 Å². The lowest BCUT2D eigenvalue weighted by Crippen LogP contribution is -2.03. The van der Waals surface area contributed by atoms with E-state index in [4.69, 9.17) is 21.1 Å². The van der Waals surface area contributed by atoms with Crippen LogP contribution in [0.2, 0.25) is 0 Å². The molecule has 0 aliphatic carbocycles. The molecule has 0 heterocycles. The summed E-state index contributed by atoms with van der Waals surface area (Å²) in [5.74, 6) is 1.32. The van der Waals surface area contributed by atoms with Gasteiger partial charge >= 0.3 is 0 Å². The largest absolute Gasteiger partial charge is 0.493 e. The maximum absolute atomic E-state index is 11.0. The standard InChI is InChI=1S/C15H14ClNO4/c1-20-14-8-4-6-11(9-16)15(14)21-10-12-5-2-3-7-13(12)17(18)19/h2-8H,9-10H2,1H3.